The van der Waals surface area contributed by atoms with E-state index in [4.69, 9.17) is 0 Å². The predicted octanol–water partition coefficient (Wildman–Crippen LogP) is 10.1. The molecule has 0 aromatic carbocycles. The third-order valence-electron chi connectivity index (χ3n) is 7.57. The van der Waals surface area contributed by atoms with Gasteiger partial charge in [-0.05, 0) is 54.8 Å². The molecule has 0 bridgehead atoms. The van der Waals surface area contributed by atoms with Gasteiger partial charge in [0.05, 0.1) is 0 Å². The normalized spacial score (nSPS) is 17.2. The van der Waals surface area contributed by atoms with Crippen LogP contribution in [0.1, 0.15) is 133 Å². The molecule has 0 spiro atoms. The molecule has 0 amide bonds. The minimum Gasteiger partial charge on any atom is -0.0851 e. The number of allylic oxidation sites excluding steroid dienone is 2. The maximum atomic E-state index is 2.56. The Morgan fingerprint density at radius 3 is 1.79 bits per heavy atom. The van der Waals surface area contributed by atoms with Gasteiger partial charge in [0.15, 0.2) is 0 Å². The summed E-state index contributed by atoms with van der Waals surface area (Å²) in [5.74, 6) is 5.09. The molecule has 0 aromatic rings. The van der Waals surface area contributed by atoms with E-state index in [0.29, 0.717) is 5.92 Å². The van der Waals surface area contributed by atoms with Crippen molar-refractivity contribution in [3.05, 3.63) is 11.6 Å². The summed E-state index contributed by atoms with van der Waals surface area (Å²) >= 11 is 0. The molecule has 0 N–H and O–H groups in total. The lowest BCUT2D eigenvalue weighted by molar-refractivity contribution is 0.255. The van der Waals surface area contributed by atoms with Crippen LogP contribution in [0.5, 0.6) is 0 Å². The Hall–Kier alpha value is -0.260. The van der Waals surface area contributed by atoms with Gasteiger partial charge in [0.2, 0.25) is 0 Å². The van der Waals surface area contributed by atoms with Gasteiger partial charge in [0.1, 0.15) is 0 Å². The second kappa shape index (κ2) is 16.5. The van der Waals surface area contributed by atoms with Gasteiger partial charge in [-0.25, -0.2) is 0 Å². The number of unbranched alkanes of at least 4 members (excludes halogenated alkanes) is 1. The highest BCUT2D eigenvalue weighted by molar-refractivity contribution is 5.10. The van der Waals surface area contributed by atoms with E-state index in [1.54, 1.807) is 5.57 Å². The third-order valence-corrected chi connectivity index (χ3v) is 7.57. The molecule has 0 rings (SSSR count). The van der Waals surface area contributed by atoms with Crippen LogP contribution in [0, 0.1) is 35.5 Å². The average molecular weight is 393 g/mol. The summed E-state index contributed by atoms with van der Waals surface area (Å²) in [4.78, 5) is 0. The molecular weight excluding hydrogens is 336 g/mol. The Balaban J connectivity index is 5.04. The van der Waals surface area contributed by atoms with Crippen LogP contribution in [0.25, 0.3) is 0 Å². The first-order valence-electron chi connectivity index (χ1n) is 13.1. The second-order valence-corrected chi connectivity index (χ2v) is 9.99. The van der Waals surface area contributed by atoms with Crippen molar-refractivity contribution < 1.29 is 0 Å². The van der Waals surface area contributed by atoms with E-state index >= 15 is 0 Å². The van der Waals surface area contributed by atoms with Crippen molar-refractivity contribution in [3.8, 4) is 0 Å². The van der Waals surface area contributed by atoms with Gasteiger partial charge in [-0.1, -0.05) is 125 Å². The summed E-state index contributed by atoms with van der Waals surface area (Å²) in [6.07, 6.45) is 17.7. The standard InChI is InChI=1S/C28H56/c1-10-15-18-25(21-24(9)23(8)12-3)19-16-20-28(26(13-4)14-5)27(17-11-2)22(6)7/h17,22-26,28H,10-16,18-21H2,1-9H3. The first kappa shape index (κ1) is 27.7. The average Bonchev–Trinajstić information content (AvgIpc) is 2.68. The van der Waals surface area contributed by atoms with Crippen LogP contribution in [0.2, 0.25) is 0 Å². The monoisotopic (exact) mass is 392 g/mol. The summed E-state index contributed by atoms with van der Waals surface area (Å²) in [6, 6.07) is 0. The van der Waals surface area contributed by atoms with Gasteiger partial charge in [-0.2, -0.15) is 0 Å². The highest BCUT2D eigenvalue weighted by atomic mass is 14.3. The van der Waals surface area contributed by atoms with Gasteiger partial charge in [-0.15, -0.1) is 0 Å². The van der Waals surface area contributed by atoms with Crippen LogP contribution >= 0.6 is 0 Å². The highest BCUT2D eigenvalue weighted by Gasteiger charge is 2.25. The molecule has 4 unspecified atom stereocenters. The van der Waals surface area contributed by atoms with Gasteiger partial charge >= 0.3 is 0 Å². The zero-order valence-corrected chi connectivity index (χ0v) is 21.3. The lowest BCUT2D eigenvalue weighted by Crippen LogP contribution is -2.20. The molecule has 0 radical (unpaired) electrons. The Morgan fingerprint density at radius 2 is 1.32 bits per heavy atom. The molecule has 0 fully saturated rings. The quantitative estimate of drug-likeness (QED) is 0.216. The smallest absolute Gasteiger partial charge is 0.0173 e. The molecule has 0 saturated heterocycles. The van der Waals surface area contributed by atoms with E-state index in [1.807, 2.05) is 0 Å². The number of rotatable bonds is 17. The first-order chi connectivity index (χ1) is 13.4. The van der Waals surface area contributed by atoms with E-state index in [9.17, 15) is 0 Å². The van der Waals surface area contributed by atoms with Crippen molar-refractivity contribution in [2.45, 2.75) is 133 Å². The van der Waals surface area contributed by atoms with Crippen molar-refractivity contribution in [2.75, 3.05) is 0 Å². The molecule has 0 aromatic heterocycles. The summed E-state index contributed by atoms with van der Waals surface area (Å²) in [5.41, 5.74) is 1.76. The zero-order valence-electron chi connectivity index (χ0n) is 21.3. The number of hydrogen-bond acceptors (Lipinski definition) is 0. The summed E-state index contributed by atoms with van der Waals surface area (Å²) in [7, 11) is 0. The van der Waals surface area contributed by atoms with E-state index < -0.39 is 0 Å². The Morgan fingerprint density at radius 1 is 0.714 bits per heavy atom. The predicted molar refractivity (Wildman–Crippen MR) is 131 cm³/mol. The van der Waals surface area contributed by atoms with E-state index in [1.165, 1.54) is 70.6 Å². The first-order valence-corrected chi connectivity index (χ1v) is 13.1. The van der Waals surface area contributed by atoms with E-state index in [-0.39, 0.29) is 0 Å². The molecule has 4 atom stereocenters. The second-order valence-electron chi connectivity index (χ2n) is 9.99. The lowest BCUT2D eigenvalue weighted by atomic mass is 9.74. The molecular formula is C28H56. The minimum absolute atomic E-state index is 0.701. The Labute approximate surface area is 180 Å². The minimum atomic E-state index is 0.701. The maximum Gasteiger partial charge on any atom is -0.0173 e. The fourth-order valence-electron chi connectivity index (χ4n) is 5.24. The largest absolute Gasteiger partial charge is 0.0851 e. The van der Waals surface area contributed by atoms with Crippen LogP contribution < -0.4 is 0 Å². The van der Waals surface area contributed by atoms with E-state index in [0.717, 1.165) is 29.6 Å². The third kappa shape index (κ3) is 10.5. The highest BCUT2D eigenvalue weighted by Crippen LogP contribution is 2.36. The topological polar surface area (TPSA) is 0 Å². The van der Waals surface area contributed by atoms with Crippen molar-refractivity contribution >= 4 is 0 Å². The SMILES string of the molecule is CCC=C(C(C)C)C(CCCC(CCCC)CC(C)C(C)CC)C(CC)CC. The van der Waals surface area contributed by atoms with Gasteiger partial charge in [0, 0.05) is 0 Å². The van der Waals surface area contributed by atoms with Crippen molar-refractivity contribution in [1.82, 2.24) is 0 Å². The Bertz CT molecular complexity index is 373. The molecule has 0 aliphatic rings. The lowest BCUT2D eigenvalue weighted by Gasteiger charge is -2.31. The van der Waals surface area contributed by atoms with Crippen LogP contribution in [0.15, 0.2) is 11.6 Å². The van der Waals surface area contributed by atoms with Crippen molar-refractivity contribution in [3.63, 3.8) is 0 Å². The summed E-state index contributed by atoms with van der Waals surface area (Å²) in [6.45, 7) is 21.6. The van der Waals surface area contributed by atoms with Gasteiger partial charge in [-0.3, -0.25) is 0 Å². The van der Waals surface area contributed by atoms with Crippen molar-refractivity contribution in [2.24, 2.45) is 35.5 Å². The molecule has 168 valence electrons. The molecule has 0 aliphatic heterocycles. The summed E-state index contributed by atoms with van der Waals surface area (Å²) in [5, 5.41) is 0. The number of hydrogen-bond donors (Lipinski definition) is 0. The fourth-order valence-corrected chi connectivity index (χ4v) is 5.24. The van der Waals surface area contributed by atoms with Crippen molar-refractivity contribution in [1.29, 1.82) is 0 Å². The van der Waals surface area contributed by atoms with Crippen LogP contribution in [-0.2, 0) is 0 Å². The van der Waals surface area contributed by atoms with Crippen LogP contribution in [0.3, 0.4) is 0 Å². The van der Waals surface area contributed by atoms with Gasteiger partial charge in [0.25, 0.3) is 0 Å². The van der Waals surface area contributed by atoms with Crippen LogP contribution in [0.4, 0.5) is 0 Å². The van der Waals surface area contributed by atoms with Crippen LogP contribution in [-0.4, -0.2) is 0 Å². The molecule has 0 saturated carbocycles. The molecule has 28 heavy (non-hydrogen) atoms. The molecule has 0 aliphatic carbocycles. The molecule has 0 nitrogen and oxygen atoms in total. The molecule has 0 heteroatoms. The Kier molecular flexibility index (Phi) is 16.4. The fraction of sp³-hybridized carbons (Fsp3) is 0.929. The van der Waals surface area contributed by atoms with E-state index in [2.05, 4.69) is 68.4 Å². The maximum absolute atomic E-state index is 2.56. The zero-order chi connectivity index (χ0) is 21.5. The molecule has 0 heterocycles. The summed E-state index contributed by atoms with van der Waals surface area (Å²) < 4.78 is 0. The van der Waals surface area contributed by atoms with Gasteiger partial charge < -0.3 is 0 Å².